The lowest BCUT2D eigenvalue weighted by atomic mass is 9.71. The maximum atomic E-state index is 4.21. The van der Waals surface area contributed by atoms with Crippen molar-refractivity contribution >= 4 is 11.9 Å². The van der Waals surface area contributed by atoms with Crippen molar-refractivity contribution < 1.29 is 0 Å². The highest BCUT2D eigenvalue weighted by molar-refractivity contribution is 6.09. The van der Waals surface area contributed by atoms with E-state index in [-0.39, 0.29) is 0 Å². The molecule has 2 atom stereocenters. The Kier molecular flexibility index (Phi) is 1.87. The van der Waals surface area contributed by atoms with E-state index < -0.39 is 0 Å². The van der Waals surface area contributed by atoms with Crippen LogP contribution in [0.2, 0.25) is 0 Å². The summed E-state index contributed by atoms with van der Waals surface area (Å²) >= 11 is 0. The van der Waals surface area contributed by atoms with Gasteiger partial charge >= 0.3 is 0 Å². The van der Waals surface area contributed by atoms with Gasteiger partial charge in [-0.3, -0.25) is 0 Å². The molecular weight excluding hydrogens is 208 g/mol. The van der Waals surface area contributed by atoms with E-state index in [2.05, 4.69) is 40.5 Å². The van der Waals surface area contributed by atoms with Gasteiger partial charge in [0.1, 0.15) is 0 Å². The van der Waals surface area contributed by atoms with Crippen LogP contribution in [0.25, 0.3) is 0 Å². The van der Waals surface area contributed by atoms with Gasteiger partial charge in [-0.2, -0.15) is 10.2 Å². The lowest BCUT2D eigenvalue weighted by Gasteiger charge is -2.33. The summed E-state index contributed by atoms with van der Waals surface area (Å²) in [5.41, 5.74) is 5.80. The van der Waals surface area contributed by atoms with Gasteiger partial charge in [0.15, 0.2) is 0 Å². The molecule has 2 aliphatic carbocycles. The first-order chi connectivity index (χ1) is 8.42. The summed E-state index contributed by atoms with van der Waals surface area (Å²) in [4.78, 5) is 0. The van der Waals surface area contributed by atoms with Gasteiger partial charge < -0.3 is 0 Å². The second-order valence-electron chi connectivity index (χ2n) is 5.10. The molecule has 0 fully saturated rings. The zero-order valence-electron chi connectivity index (χ0n) is 9.63. The number of allylic oxidation sites excluding steroid dienone is 2. The molecule has 0 bridgehead atoms. The average Bonchev–Trinajstić information content (AvgIpc) is 2.83. The Bertz CT molecular complexity index is 566. The summed E-state index contributed by atoms with van der Waals surface area (Å²) < 4.78 is 0. The van der Waals surface area contributed by atoms with Gasteiger partial charge in [0, 0.05) is 18.1 Å². The Hall–Kier alpha value is -1.70. The third kappa shape index (κ3) is 1.33. The van der Waals surface area contributed by atoms with Gasteiger partial charge in [0.25, 0.3) is 0 Å². The van der Waals surface area contributed by atoms with Crippen molar-refractivity contribution in [2.24, 2.45) is 16.1 Å². The van der Waals surface area contributed by atoms with Crippen molar-refractivity contribution in [3.8, 4) is 0 Å². The van der Waals surface area contributed by atoms with Crippen LogP contribution in [0.15, 0.2) is 46.1 Å². The van der Waals surface area contributed by atoms with Crippen molar-refractivity contribution in [1.82, 2.24) is 0 Å². The number of nitrogens with zero attached hydrogens (tertiary/aromatic N) is 2. The Morgan fingerprint density at radius 3 is 3.06 bits per heavy atom. The minimum absolute atomic E-state index is 0.454. The lowest BCUT2D eigenvalue weighted by Crippen LogP contribution is -2.25. The van der Waals surface area contributed by atoms with E-state index in [0.717, 1.165) is 6.42 Å². The highest BCUT2D eigenvalue weighted by atomic mass is 15.2. The molecule has 0 saturated carbocycles. The molecule has 1 aromatic carbocycles. The monoisotopic (exact) mass is 222 g/mol. The molecule has 0 aromatic heterocycles. The molecule has 2 nitrogen and oxygen atoms in total. The summed E-state index contributed by atoms with van der Waals surface area (Å²) in [5, 5.41) is 8.27. The minimum atomic E-state index is 0.454. The normalized spacial score (nSPS) is 28.9. The van der Waals surface area contributed by atoms with Crippen LogP contribution in [0.4, 0.5) is 0 Å². The van der Waals surface area contributed by atoms with Gasteiger partial charge in [0.2, 0.25) is 0 Å². The molecule has 1 aliphatic heterocycles. The first-order valence-electron chi connectivity index (χ1n) is 6.31. The zero-order valence-corrected chi connectivity index (χ0v) is 9.63. The molecule has 17 heavy (non-hydrogen) atoms. The molecular formula is C15H14N2. The Morgan fingerprint density at radius 2 is 2.06 bits per heavy atom. The van der Waals surface area contributed by atoms with Gasteiger partial charge in [-0.25, -0.2) is 0 Å². The fourth-order valence-electron chi connectivity index (χ4n) is 3.30. The van der Waals surface area contributed by atoms with Crippen LogP contribution in [0.5, 0.6) is 0 Å². The molecule has 0 spiro atoms. The molecule has 0 saturated heterocycles. The number of fused-ring (bicyclic) bond motifs is 4. The van der Waals surface area contributed by atoms with Gasteiger partial charge in [-0.05, 0) is 36.5 Å². The number of hydrogen-bond donors (Lipinski definition) is 0. The van der Waals surface area contributed by atoms with E-state index in [0.29, 0.717) is 11.8 Å². The molecule has 4 rings (SSSR count). The predicted octanol–water partition coefficient (Wildman–Crippen LogP) is 3.10. The zero-order chi connectivity index (χ0) is 11.2. The van der Waals surface area contributed by atoms with E-state index in [1.807, 2.05) is 6.21 Å². The lowest BCUT2D eigenvalue weighted by molar-refractivity contribution is 0.609. The van der Waals surface area contributed by atoms with E-state index >= 15 is 0 Å². The van der Waals surface area contributed by atoms with Crippen LogP contribution in [-0.2, 0) is 6.42 Å². The third-order valence-electron chi connectivity index (χ3n) is 4.18. The van der Waals surface area contributed by atoms with Crippen LogP contribution >= 0.6 is 0 Å². The largest absolute Gasteiger partial charge is 0.163 e. The highest BCUT2D eigenvalue weighted by Crippen LogP contribution is 2.43. The van der Waals surface area contributed by atoms with Crippen molar-refractivity contribution in [3.05, 3.63) is 47.0 Å². The van der Waals surface area contributed by atoms with Crippen LogP contribution in [-0.4, -0.2) is 11.9 Å². The molecule has 0 radical (unpaired) electrons. The second kappa shape index (κ2) is 3.39. The molecule has 84 valence electrons. The molecule has 1 aromatic rings. The molecule has 0 N–H and O–H groups in total. The van der Waals surface area contributed by atoms with Crippen LogP contribution < -0.4 is 0 Å². The first kappa shape index (κ1) is 9.34. The molecule has 1 heterocycles. The molecule has 2 heteroatoms. The van der Waals surface area contributed by atoms with Crippen molar-refractivity contribution in [2.75, 3.05) is 0 Å². The Labute approximate surface area is 101 Å². The maximum Gasteiger partial charge on any atom is 0.0715 e. The summed E-state index contributed by atoms with van der Waals surface area (Å²) in [6.45, 7) is 0. The fraction of sp³-hybridized carbons (Fsp3) is 0.333. The fourth-order valence-corrected chi connectivity index (χ4v) is 3.30. The van der Waals surface area contributed by atoms with Gasteiger partial charge in [-0.15, -0.1) is 0 Å². The van der Waals surface area contributed by atoms with Crippen molar-refractivity contribution in [3.63, 3.8) is 0 Å². The first-order valence-corrected chi connectivity index (χ1v) is 6.31. The predicted molar refractivity (Wildman–Crippen MR) is 69.6 cm³/mol. The highest BCUT2D eigenvalue weighted by Gasteiger charge is 2.33. The summed E-state index contributed by atoms with van der Waals surface area (Å²) in [5.74, 6) is 1.06. The minimum Gasteiger partial charge on any atom is -0.163 e. The molecule has 2 unspecified atom stereocenters. The van der Waals surface area contributed by atoms with Gasteiger partial charge in [0.05, 0.1) is 5.71 Å². The van der Waals surface area contributed by atoms with Gasteiger partial charge in [-0.1, -0.05) is 29.8 Å². The SMILES string of the molecule is C1=NN=C2C=C3CCc4ccccc4C3CC12. The summed E-state index contributed by atoms with van der Waals surface area (Å²) in [6.07, 6.45) is 7.82. The summed E-state index contributed by atoms with van der Waals surface area (Å²) in [7, 11) is 0. The standard InChI is InChI=1S/C15H14N2/c1-2-4-13-10(3-1)5-6-11-8-15-12(7-14(11)13)9-16-17-15/h1-4,8-9,12,14H,5-7H2. The topological polar surface area (TPSA) is 24.7 Å². The van der Waals surface area contributed by atoms with Crippen LogP contribution in [0, 0.1) is 5.92 Å². The Morgan fingerprint density at radius 1 is 1.12 bits per heavy atom. The third-order valence-corrected chi connectivity index (χ3v) is 4.18. The Balaban J connectivity index is 1.83. The number of rotatable bonds is 0. The maximum absolute atomic E-state index is 4.21. The number of benzene rings is 1. The van der Waals surface area contributed by atoms with E-state index in [1.54, 1.807) is 5.57 Å². The average molecular weight is 222 g/mol. The van der Waals surface area contributed by atoms with E-state index in [1.165, 1.54) is 29.7 Å². The summed E-state index contributed by atoms with van der Waals surface area (Å²) in [6, 6.07) is 8.88. The quantitative estimate of drug-likeness (QED) is 0.644. The molecule has 3 aliphatic rings. The second-order valence-corrected chi connectivity index (χ2v) is 5.10. The van der Waals surface area contributed by atoms with E-state index in [9.17, 15) is 0 Å². The number of aryl methyl sites for hydroxylation is 1. The van der Waals surface area contributed by atoms with Crippen molar-refractivity contribution in [2.45, 2.75) is 25.2 Å². The smallest absolute Gasteiger partial charge is 0.0715 e. The van der Waals surface area contributed by atoms with E-state index in [4.69, 9.17) is 0 Å². The van der Waals surface area contributed by atoms with Crippen LogP contribution in [0.3, 0.4) is 0 Å². The molecule has 0 amide bonds. The number of hydrogen-bond acceptors (Lipinski definition) is 2. The van der Waals surface area contributed by atoms with Crippen molar-refractivity contribution in [1.29, 1.82) is 0 Å². The van der Waals surface area contributed by atoms with Crippen LogP contribution in [0.1, 0.15) is 29.9 Å².